The smallest absolute Gasteiger partial charge is 0.311 e. The summed E-state index contributed by atoms with van der Waals surface area (Å²) in [5.74, 6) is -0.854. The molecule has 0 amide bonds. The molecule has 84 valence electrons. The zero-order valence-corrected chi connectivity index (χ0v) is 9.46. The van der Waals surface area contributed by atoms with E-state index in [0.717, 1.165) is 6.42 Å². The van der Waals surface area contributed by atoms with E-state index in [-0.39, 0.29) is 12.1 Å². The Bertz CT molecular complexity index is 200. The molecule has 0 spiro atoms. The highest BCUT2D eigenvalue weighted by molar-refractivity contribution is 5.73. The minimum atomic E-state index is -0.854. The van der Waals surface area contributed by atoms with Crippen molar-refractivity contribution in [2.75, 3.05) is 13.2 Å². The molecule has 0 aliphatic heterocycles. The van der Waals surface area contributed by atoms with Crippen LogP contribution in [0, 0.1) is 5.41 Å². The lowest BCUT2D eigenvalue weighted by Gasteiger charge is -2.25. The molecular formula is C10H21NO3. The predicted molar refractivity (Wildman–Crippen MR) is 55.1 cm³/mol. The van der Waals surface area contributed by atoms with Gasteiger partial charge in [0.05, 0.1) is 18.6 Å². The van der Waals surface area contributed by atoms with E-state index in [4.69, 9.17) is 15.6 Å². The summed E-state index contributed by atoms with van der Waals surface area (Å²) in [5.41, 5.74) is 4.64. The molecule has 1 unspecified atom stereocenters. The van der Waals surface area contributed by atoms with E-state index in [0.29, 0.717) is 6.61 Å². The van der Waals surface area contributed by atoms with Crippen LogP contribution in [-0.4, -0.2) is 29.8 Å². The van der Waals surface area contributed by atoms with Gasteiger partial charge >= 0.3 is 5.97 Å². The summed E-state index contributed by atoms with van der Waals surface area (Å²) in [6.45, 7) is 7.71. The number of nitrogens with two attached hydrogens (primary N) is 1. The number of ether oxygens (including phenoxy) is 1. The monoisotopic (exact) mass is 203 g/mol. The number of aliphatic carboxylic acids is 1. The van der Waals surface area contributed by atoms with E-state index >= 15 is 0 Å². The molecule has 0 bridgehead atoms. The van der Waals surface area contributed by atoms with Crippen LogP contribution in [-0.2, 0) is 9.53 Å². The highest BCUT2D eigenvalue weighted by Crippen LogP contribution is 2.16. The van der Waals surface area contributed by atoms with Crippen LogP contribution < -0.4 is 5.73 Å². The molecule has 3 N–H and O–H groups in total. The van der Waals surface area contributed by atoms with Crippen LogP contribution in [0.25, 0.3) is 0 Å². The minimum Gasteiger partial charge on any atom is -0.481 e. The van der Waals surface area contributed by atoms with E-state index in [1.165, 1.54) is 0 Å². The molecule has 0 aliphatic carbocycles. The molecule has 0 heterocycles. The molecule has 0 aromatic heterocycles. The fourth-order valence-electron chi connectivity index (χ4n) is 0.703. The van der Waals surface area contributed by atoms with Gasteiger partial charge in [-0.2, -0.15) is 0 Å². The third-order valence-electron chi connectivity index (χ3n) is 2.28. The van der Waals surface area contributed by atoms with Gasteiger partial charge in [-0.05, 0) is 27.2 Å². The first-order valence-electron chi connectivity index (χ1n) is 4.81. The maximum Gasteiger partial charge on any atom is 0.311 e. The number of rotatable bonds is 6. The van der Waals surface area contributed by atoms with Gasteiger partial charge < -0.3 is 15.6 Å². The lowest BCUT2D eigenvalue weighted by molar-refractivity contribution is -0.150. The Morgan fingerprint density at radius 1 is 1.36 bits per heavy atom. The molecule has 0 radical (unpaired) electrons. The standard InChI is InChI=1S/C10H21NO3/c1-5-10(4,11)7-14-6-9(2,3)8(12)13/h5-7,11H2,1-4H3,(H,12,13). The second-order valence-electron chi connectivity index (χ2n) is 4.69. The predicted octanol–water partition coefficient (Wildman–Crippen LogP) is 1.24. The Labute approximate surface area is 85.4 Å². The van der Waals surface area contributed by atoms with Crippen molar-refractivity contribution in [1.29, 1.82) is 0 Å². The van der Waals surface area contributed by atoms with Gasteiger partial charge in [0, 0.05) is 5.54 Å². The first kappa shape index (κ1) is 13.4. The van der Waals surface area contributed by atoms with Crippen molar-refractivity contribution in [2.45, 2.75) is 39.7 Å². The van der Waals surface area contributed by atoms with E-state index in [2.05, 4.69) is 0 Å². The Kier molecular flexibility index (Phi) is 4.55. The number of carboxylic acids is 1. The van der Waals surface area contributed by atoms with Gasteiger partial charge in [-0.25, -0.2) is 0 Å². The van der Waals surface area contributed by atoms with E-state index in [1.54, 1.807) is 13.8 Å². The zero-order valence-electron chi connectivity index (χ0n) is 9.46. The third kappa shape index (κ3) is 4.58. The summed E-state index contributed by atoms with van der Waals surface area (Å²) in [6, 6.07) is 0. The van der Waals surface area contributed by atoms with Gasteiger partial charge in [0.25, 0.3) is 0 Å². The molecule has 4 nitrogen and oxygen atoms in total. The second-order valence-corrected chi connectivity index (χ2v) is 4.69. The first-order chi connectivity index (χ1) is 6.21. The maximum atomic E-state index is 10.7. The average molecular weight is 203 g/mol. The van der Waals surface area contributed by atoms with E-state index in [9.17, 15) is 4.79 Å². The van der Waals surface area contributed by atoms with Crippen LogP contribution in [0.1, 0.15) is 34.1 Å². The van der Waals surface area contributed by atoms with Crippen molar-refractivity contribution in [3.05, 3.63) is 0 Å². The van der Waals surface area contributed by atoms with Gasteiger partial charge in [-0.15, -0.1) is 0 Å². The largest absolute Gasteiger partial charge is 0.481 e. The summed E-state index contributed by atoms with van der Waals surface area (Å²) in [7, 11) is 0. The van der Waals surface area contributed by atoms with Gasteiger partial charge in [0.1, 0.15) is 0 Å². The number of hydrogen-bond acceptors (Lipinski definition) is 3. The normalized spacial score (nSPS) is 16.4. The molecule has 0 rings (SSSR count). The van der Waals surface area contributed by atoms with Crippen LogP contribution in [0.15, 0.2) is 0 Å². The molecular weight excluding hydrogens is 182 g/mol. The van der Waals surface area contributed by atoms with Crippen LogP contribution in [0.3, 0.4) is 0 Å². The summed E-state index contributed by atoms with van der Waals surface area (Å²) < 4.78 is 5.31. The molecule has 4 heteroatoms. The summed E-state index contributed by atoms with van der Waals surface area (Å²) in [4.78, 5) is 10.7. The van der Waals surface area contributed by atoms with Gasteiger partial charge in [-0.3, -0.25) is 4.79 Å². The molecule has 0 fully saturated rings. The fraction of sp³-hybridized carbons (Fsp3) is 0.900. The van der Waals surface area contributed by atoms with Gasteiger partial charge in [-0.1, -0.05) is 6.92 Å². The van der Waals surface area contributed by atoms with Crippen molar-refractivity contribution < 1.29 is 14.6 Å². The second kappa shape index (κ2) is 4.75. The Balaban J connectivity index is 3.91. The van der Waals surface area contributed by atoms with Crippen molar-refractivity contribution >= 4 is 5.97 Å². The number of carboxylic acid groups (broad SMARTS) is 1. The minimum absolute atomic E-state index is 0.190. The van der Waals surface area contributed by atoms with Crippen molar-refractivity contribution in [1.82, 2.24) is 0 Å². The molecule has 0 saturated carbocycles. The molecule has 14 heavy (non-hydrogen) atoms. The SMILES string of the molecule is CCC(C)(N)COCC(C)(C)C(=O)O. The third-order valence-corrected chi connectivity index (χ3v) is 2.28. The molecule has 0 aromatic carbocycles. The summed E-state index contributed by atoms with van der Waals surface area (Å²) in [6.07, 6.45) is 0.806. The molecule has 0 aromatic rings. The molecule has 0 aliphatic rings. The average Bonchev–Trinajstić information content (AvgIpc) is 2.03. The lowest BCUT2D eigenvalue weighted by atomic mass is 9.95. The molecule has 0 saturated heterocycles. The highest BCUT2D eigenvalue weighted by atomic mass is 16.5. The first-order valence-corrected chi connectivity index (χ1v) is 4.81. The van der Waals surface area contributed by atoms with Crippen LogP contribution in [0.2, 0.25) is 0 Å². The van der Waals surface area contributed by atoms with Crippen molar-refractivity contribution in [3.8, 4) is 0 Å². The molecule has 1 atom stereocenters. The lowest BCUT2D eigenvalue weighted by Crippen LogP contribution is -2.42. The highest BCUT2D eigenvalue weighted by Gasteiger charge is 2.28. The van der Waals surface area contributed by atoms with E-state index < -0.39 is 11.4 Å². The van der Waals surface area contributed by atoms with Crippen LogP contribution in [0.4, 0.5) is 0 Å². The topological polar surface area (TPSA) is 72.5 Å². The van der Waals surface area contributed by atoms with Gasteiger partial charge in [0.15, 0.2) is 0 Å². The Hall–Kier alpha value is -0.610. The van der Waals surface area contributed by atoms with Crippen molar-refractivity contribution in [2.24, 2.45) is 11.1 Å². The summed E-state index contributed by atoms with van der Waals surface area (Å²) >= 11 is 0. The summed E-state index contributed by atoms with van der Waals surface area (Å²) in [5, 5.41) is 8.82. The number of hydrogen-bond donors (Lipinski definition) is 2. The van der Waals surface area contributed by atoms with Crippen LogP contribution >= 0.6 is 0 Å². The fourth-order valence-corrected chi connectivity index (χ4v) is 0.703. The quantitative estimate of drug-likeness (QED) is 0.681. The zero-order chi connectivity index (χ0) is 11.4. The van der Waals surface area contributed by atoms with Crippen molar-refractivity contribution in [3.63, 3.8) is 0 Å². The van der Waals surface area contributed by atoms with Gasteiger partial charge in [0.2, 0.25) is 0 Å². The Morgan fingerprint density at radius 3 is 2.21 bits per heavy atom. The number of carbonyl (C=O) groups is 1. The maximum absolute atomic E-state index is 10.7. The Morgan fingerprint density at radius 2 is 1.86 bits per heavy atom. The van der Waals surface area contributed by atoms with Crippen LogP contribution in [0.5, 0.6) is 0 Å². The van der Waals surface area contributed by atoms with E-state index in [1.807, 2.05) is 13.8 Å².